The van der Waals surface area contributed by atoms with Crippen molar-refractivity contribution in [2.45, 2.75) is 31.5 Å². The van der Waals surface area contributed by atoms with E-state index in [1.807, 2.05) is 4.90 Å². The molecule has 11 heteroatoms. The van der Waals surface area contributed by atoms with Crippen molar-refractivity contribution >= 4 is 29.4 Å². The lowest BCUT2D eigenvalue weighted by Crippen LogP contribution is -2.45. The van der Waals surface area contributed by atoms with Crippen LogP contribution in [0.5, 0.6) is 0 Å². The van der Waals surface area contributed by atoms with Gasteiger partial charge in [0.15, 0.2) is 0 Å². The minimum atomic E-state index is -4.50. The highest BCUT2D eigenvalue weighted by Crippen LogP contribution is 2.33. The first kappa shape index (κ1) is 20.7. The molecule has 1 aliphatic heterocycles. The van der Waals surface area contributed by atoms with Gasteiger partial charge in [-0.15, -0.1) is 0 Å². The number of pyridine rings is 1. The maximum Gasteiger partial charge on any atom is 0.417 e. The molecule has 1 aliphatic carbocycles. The molecule has 1 aromatic rings. The van der Waals surface area contributed by atoms with E-state index in [1.54, 1.807) is 4.90 Å². The number of amides is 3. The summed E-state index contributed by atoms with van der Waals surface area (Å²) in [5.74, 6) is -0.0953. The van der Waals surface area contributed by atoms with Gasteiger partial charge in [-0.2, -0.15) is 13.2 Å². The number of carbonyl (C=O) groups is 2. The van der Waals surface area contributed by atoms with Crippen LogP contribution in [0.2, 0.25) is 5.02 Å². The van der Waals surface area contributed by atoms with Crippen LogP contribution in [0, 0.1) is 0 Å². The summed E-state index contributed by atoms with van der Waals surface area (Å²) >= 11 is 6.02. The number of hydrogen-bond acceptors (Lipinski definition) is 5. The molecule has 0 unspecified atom stereocenters. The first-order valence-electron chi connectivity index (χ1n) is 9.03. The lowest BCUT2D eigenvalue weighted by molar-refractivity contribution is -0.137. The molecule has 2 fully saturated rings. The van der Waals surface area contributed by atoms with Crippen LogP contribution in [0.25, 0.3) is 0 Å². The predicted molar refractivity (Wildman–Crippen MR) is 97.2 cm³/mol. The minimum Gasteiger partial charge on any atom is -0.354 e. The average molecular weight is 420 g/mol. The molecular weight excluding hydrogens is 399 g/mol. The molecule has 7 nitrogen and oxygen atoms in total. The van der Waals surface area contributed by atoms with Crippen LogP contribution in [-0.2, 0) is 11.0 Å². The highest BCUT2D eigenvalue weighted by Gasteiger charge is 2.32. The zero-order chi connectivity index (χ0) is 20.3. The molecule has 3 amide bonds. The van der Waals surface area contributed by atoms with Crippen molar-refractivity contribution in [2.24, 2.45) is 0 Å². The fourth-order valence-corrected chi connectivity index (χ4v) is 3.26. The van der Waals surface area contributed by atoms with Crippen LogP contribution in [-0.4, -0.2) is 60.6 Å². The minimum absolute atomic E-state index is 0.0576. The Kier molecular flexibility index (Phi) is 6.29. The molecule has 28 heavy (non-hydrogen) atoms. The molecular formula is C17H21ClF3N5O2. The first-order valence-corrected chi connectivity index (χ1v) is 9.40. The quantitative estimate of drug-likeness (QED) is 0.782. The van der Waals surface area contributed by atoms with Gasteiger partial charge >= 0.3 is 12.2 Å². The SMILES string of the molecule is O=C(CN1CCCN(c2ncc(C(F)(F)F)cc2Cl)CC1)NC(=O)NC1CC1. The highest BCUT2D eigenvalue weighted by atomic mass is 35.5. The topological polar surface area (TPSA) is 77.6 Å². The Morgan fingerprint density at radius 2 is 1.96 bits per heavy atom. The van der Waals surface area contributed by atoms with Crippen molar-refractivity contribution in [2.75, 3.05) is 37.6 Å². The third kappa shape index (κ3) is 5.71. The van der Waals surface area contributed by atoms with Crippen LogP contribution >= 0.6 is 11.6 Å². The third-order valence-electron chi connectivity index (χ3n) is 4.57. The lowest BCUT2D eigenvalue weighted by atomic mass is 10.2. The monoisotopic (exact) mass is 419 g/mol. The molecule has 1 aromatic heterocycles. The summed E-state index contributed by atoms with van der Waals surface area (Å²) < 4.78 is 38.3. The molecule has 1 saturated heterocycles. The van der Waals surface area contributed by atoms with Crippen molar-refractivity contribution < 1.29 is 22.8 Å². The van der Waals surface area contributed by atoms with Gasteiger partial charge in [0, 0.05) is 38.4 Å². The van der Waals surface area contributed by atoms with E-state index < -0.39 is 23.7 Å². The number of aromatic nitrogens is 1. The Morgan fingerprint density at radius 1 is 1.21 bits per heavy atom. The van der Waals surface area contributed by atoms with Crippen molar-refractivity contribution in [3.8, 4) is 0 Å². The van der Waals surface area contributed by atoms with Crippen molar-refractivity contribution in [3.63, 3.8) is 0 Å². The summed E-state index contributed by atoms with van der Waals surface area (Å²) in [6.07, 6.45) is -1.17. The first-order chi connectivity index (χ1) is 13.2. The maximum atomic E-state index is 12.8. The third-order valence-corrected chi connectivity index (χ3v) is 4.85. The van der Waals surface area contributed by atoms with Crippen LogP contribution < -0.4 is 15.5 Å². The summed E-state index contributed by atoms with van der Waals surface area (Å²) in [5, 5.41) is 4.93. The highest BCUT2D eigenvalue weighted by molar-refractivity contribution is 6.33. The molecule has 0 spiro atoms. The summed E-state index contributed by atoms with van der Waals surface area (Å²) in [5.41, 5.74) is -0.890. The van der Waals surface area contributed by atoms with Gasteiger partial charge in [-0.05, 0) is 25.3 Å². The van der Waals surface area contributed by atoms with Crippen molar-refractivity contribution in [1.29, 1.82) is 0 Å². The zero-order valence-corrected chi connectivity index (χ0v) is 15.8. The van der Waals surface area contributed by atoms with Crippen LogP contribution in [0.1, 0.15) is 24.8 Å². The second kappa shape index (κ2) is 8.52. The number of nitrogens with one attached hydrogen (secondary N) is 2. The summed E-state index contributed by atoms with van der Waals surface area (Å²) in [4.78, 5) is 31.2. The normalized spacial score (nSPS) is 18.5. The Balaban J connectivity index is 1.53. The van der Waals surface area contributed by atoms with Gasteiger partial charge in [-0.3, -0.25) is 15.0 Å². The number of nitrogens with zero attached hydrogens (tertiary/aromatic N) is 3. The number of halogens is 4. The number of urea groups is 1. The number of hydrogen-bond donors (Lipinski definition) is 2. The van der Waals surface area contributed by atoms with Crippen molar-refractivity contribution in [3.05, 3.63) is 22.8 Å². The number of imide groups is 1. The van der Waals surface area contributed by atoms with Gasteiger partial charge in [0.2, 0.25) is 5.91 Å². The van der Waals surface area contributed by atoms with Crippen LogP contribution in [0.15, 0.2) is 12.3 Å². The van der Waals surface area contributed by atoms with Crippen LogP contribution in [0.4, 0.5) is 23.8 Å². The molecule has 3 rings (SSSR count). The van der Waals surface area contributed by atoms with E-state index in [4.69, 9.17) is 11.6 Å². The molecule has 0 radical (unpaired) electrons. The molecule has 0 aromatic carbocycles. The predicted octanol–water partition coefficient (Wildman–Crippen LogP) is 2.25. The van der Waals surface area contributed by atoms with Gasteiger partial charge in [0.25, 0.3) is 0 Å². The Bertz CT molecular complexity index is 742. The Labute approximate surface area is 165 Å². The molecule has 2 aliphatic rings. The standard InChI is InChI=1S/C17H21ClF3N5O2/c18-13-8-11(17(19,20)21)9-22-15(13)26-5-1-4-25(6-7-26)10-14(27)24-16(28)23-12-2-3-12/h8-9,12H,1-7,10H2,(H2,23,24,27,28). The lowest BCUT2D eigenvalue weighted by Gasteiger charge is -2.23. The van der Waals surface area contributed by atoms with Gasteiger partial charge in [0.1, 0.15) is 5.82 Å². The van der Waals surface area contributed by atoms with Crippen molar-refractivity contribution in [1.82, 2.24) is 20.5 Å². The van der Waals surface area contributed by atoms with Gasteiger partial charge in [-0.25, -0.2) is 9.78 Å². The Morgan fingerprint density at radius 3 is 2.61 bits per heavy atom. The zero-order valence-electron chi connectivity index (χ0n) is 15.1. The maximum absolute atomic E-state index is 12.8. The van der Waals surface area contributed by atoms with E-state index in [0.29, 0.717) is 38.4 Å². The average Bonchev–Trinajstić information content (AvgIpc) is 3.41. The van der Waals surface area contributed by atoms with E-state index in [1.165, 1.54) is 0 Å². The smallest absolute Gasteiger partial charge is 0.354 e. The van der Waals surface area contributed by atoms with Crippen LogP contribution in [0.3, 0.4) is 0 Å². The molecule has 0 bridgehead atoms. The summed E-state index contributed by atoms with van der Waals surface area (Å²) in [7, 11) is 0. The Hall–Kier alpha value is -2.07. The summed E-state index contributed by atoms with van der Waals surface area (Å²) in [6.45, 7) is 2.20. The van der Waals surface area contributed by atoms with Gasteiger partial charge in [0.05, 0.1) is 17.1 Å². The number of alkyl halides is 3. The second-order valence-electron chi connectivity index (χ2n) is 6.94. The number of carbonyl (C=O) groups excluding carboxylic acids is 2. The molecule has 154 valence electrons. The van der Waals surface area contributed by atoms with E-state index >= 15 is 0 Å². The summed E-state index contributed by atoms with van der Waals surface area (Å²) in [6, 6.07) is 0.559. The van der Waals surface area contributed by atoms with Gasteiger partial charge < -0.3 is 10.2 Å². The molecule has 2 N–H and O–H groups in total. The van der Waals surface area contributed by atoms with E-state index in [-0.39, 0.29) is 17.6 Å². The fourth-order valence-electron chi connectivity index (χ4n) is 2.98. The second-order valence-corrected chi connectivity index (χ2v) is 7.35. The largest absolute Gasteiger partial charge is 0.417 e. The van der Waals surface area contributed by atoms with E-state index in [0.717, 1.165) is 25.1 Å². The fraction of sp³-hybridized carbons (Fsp3) is 0.588. The van der Waals surface area contributed by atoms with E-state index in [9.17, 15) is 22.8 Å². The molecule has 2 heterocycles. The molecule has 1 saturated carbocycles. The number of rotatable bonds is 4. The number of anilines is 1. The molecule has 0 atom stereocenters. The van der Waals surface area contributed by atoms with Gasteiger partial charge in [-0.1, -0.05) is 11.6 Å². The van der Waals surface area contributed by atoms with E-state index in [2.05, 4.69) is 15.6 Å².